The number of allylic oxidation sites excluding steroid dienone is 1. The van der Waals surface area contributed by atoms with E-state index >= 15 is 0 Å². The highest BCUT2D eigenvalue weighted by Gasteiger charge is 2.15. The van der Waals surface area contributed by atoms with Gasteiger partial charge in [-0.3, -0.25) is 0 Å². The number of hydrogen-bond acceptors (Lipinski definition) is 2. The van der Waals surface area contributed by atoms with E-state index in [0.29, 0.717) is 12.4 Å². The molecular weight excluding hydrogens is 80.0 g/mol. The number of rotatable bonds is 0. The maximum atomic E-state index is 8.45. The Morgan fingerprint density at radius 2 is 2.50 bits per heavy atom. The second-order valence-corrected chi connectivity index (χ2v) is 1.30. The quantitative estimate of drug-likeness (QED) is 0.349. The number of aliphatic hydroxyl groups is 1. The summed E-state index contributed by atoms with van der Waals surface area (Å²) >= 11 is 0. The summed E-state index contributed by atoms with van der Waals surface area (Å²) in [4.78, 5) is 0. The molecule has 0 aromatic heterocycles. The van der Waals surface area contributed by atoms with Gasteiger partial charge in [0.25, 0.3) is 0 Å². The van der Waals surface area contributed by atoms with E-state index in [-0.39, 0.29) is 0 Å². The van der Waals surface area contributed by atoms with Gasteiger partial charge >= 0.3 is 0 Å². The van der Waals surface area contributed by atoms with E-state index in [9.17, 15) is 0 Å². The first-order valence-electron chi connectivity index (χ1n) is 1.82. The molecule has 0 radical (unpaired) electrons. The standard InChI is InChI=1S/C4H6O2/c1-3(5)4-2-6-4/h5H,2H2,1H3/b4-3-. The molecule has 2 heteroatoms. The summed E-state index contributed by atoms with van der Waals surface area (Å²) in [5.41, 5.74) is 0. The summed E-state index contributed by atoms with van der Waals surface area (Å²) in [7, 11) is 0. The second-order valence-electron chi connectivity index (χ2n) is 1.30. The summed E-state index contributed by atoms with van der Waals surface area (Å²) in [6, 6.07) is 0. The lowest BCUT2D eigenvalue weighted by Gasteiger charge is -1.73. The van der Waals surface area contributed by atoms with Gasteiger partial charge in [0.2, 0.25) is 0 Å². The van der Waals surface area contributed by atoms with Crippen LogP contribution in [0.15, 0.2) is 11.5 Å². The number of epoxide rings is 1. The third kappa shape index (κ3) is 0.455. The third-order valence-corrected chi connectivity index (χ3v) is 0.692. The van der Waals surface area contributed by atoms with Gasteiger partial charge in [0.1, 0.15) is 12.4 Å². The summed E-state index contributed by atoms with van der Waals surface area (Å²) < 4.78 is 4.60. The number of aliphatic hydroxyl groups excluding tert-OH is 1. The zero-order valence-electron chi connectivity index (χ0n) is 3.56. The van der Waals surface area contributed by atoms with Crippen molar-refractivity contribution in [1.82, 2.24) is 0 Å². The summed E-state index contributed by atoms with van der Waals surface area (Å²) in [6.07, 6.45) is 0. The highest BCUT2D eigenvalue weighted by atomic mass is 16.6. The molecular formula is C4H6O2. The van der Waals surface area contributed by atoms with Crippen molar-refractivity contribution < 1.29 is 9.84 Å². The molecule has 0 aromatic rings. The molecule has 0 amide bonds. The van der Waals surface area contributed by atoms with Crippen LogP contribution in [0.4, 0.5) is 0 Å². The van der Waals surface area contributed by atoms with E-state index in [0.717, 1.165) is 5.76 Å². The highest BCUT2D eigenvalue weighted by molar-refractivity contribution is 5.07. The lowest BCUT2D eigenvalue weighted by Crippen LogP contribution is -1.64. The van der Waals surface area contributed by atoms with Crippen molar-refractivity contribution in [3.63, 3.8) is 0 Å². The monoisotopic (exact) mass is 86.0 g/mol. The predicted molar refractivity (Wildman–Crippen MR) is 21.3 cm³/mol. The van der Waals surface area contributed by atoms with Crippen molar-refractivity contribution in [2.45, 2.75) is 6.92 Å². The Morgan fingerprint density at radius 3 is 2.50 bits per heavy atom. The van der Waals surface area contributed by atoms with E-state index in [4.69, 9.17) is 5.11 Å². The fourth-order valence-electron chi connectivity index (χ4n) is 0.245. The second kappa shape index (κ2) is 0.899. The molecule has 1 fully saturated rings. The fourth-order valence-corrected chi connectivity index (χ4v) is 0.245. The Kier molecular flexibility index (Phi) is 0.528. The van der Waals surface area contributed by atoms with Crippen LogP contribution < -0.4 is 0 Å². The average Bonchev–Trinajstić information content (AvgIpc) is 2.06. The first kappa shape index (κ1) is 3.53. The van der Waals surface area contributed by atoms with Gasteiger partial charge in [-0.15, -0.1) is 0 Å². The Labute approximate surface area is 36.0 Å². The lowest BCUT2D eigenvalue weighted by atomic mass is 10.5. The zero-order chi connectivity index (χ0) is 4.57. The first-order valence-corrected chi connectivity index (χ1v) is 1.82. The summed E-state index contributed by atoms with van der Waals surface area (Å²) in [5.74, 6) is 1.05. The van der Waals surface area contributed by atoms with Gasteiger partial charge in [0, 0.05) is 0 Å². The minimum Gasteiger partial charge on any atom is -0.509 e. The number of hydrogen-bond donors (Lipinski definition) is 1. The molecule has 1 aliphatic heterocycles. The molecule has 6 heavy (non-hydrogen) atoms. The fraction of sp³-hybridized carbons (Fsp3) is 0.500. The molecule has 0 aromatic carbocycles. The van der Waals surface area contributed by atoms with Crippen LogP contribution in [-0.2, 0) is 4.74 Å². The van der Waals surface area contributed by atoms with Gasteiger partial charge in [0.15, 0.2) is 5.76 Å². The normalized spacial score (nSPS) is 25.5. The van der Waals surface area contributed by atoms with Crippen LogP contribution in [0.2, 0.25) is 0 Å². The lowest BCUT2D eigenvalue weighted by molar-refractivity contribution is 0.391. The van der Waals surface area contributed by atoms with Crippen LogP contribution >= 0.6 is 0 Å². The smallest absolute Gasteiger partial charge is 0.171 e. The molecule has 0 unspecified atom stereocenters. The molecule has 34 valence electrons. The van der Waals surface area contributed by atoms with E-state index in [1.165, 1.54) is 0 Å². The van der Waals surface area contributed by atoms with Gasteiger partial charge in [-0.1, -0.05) is 0 Å². The zero-order valence-corrected chi connectivity index (χ0v) is 3.56. The van der Waals surface area contributed by atoms with Crippen LogP contribution in [0.1, 0.15) is 6.92 Å². The minimum atomic E-state index is 0.315. The molecule has 0 atom stereocenters. The van der Waals surface area contributed by atoms with E-state index < -0.39 is 0 Å². The van der Waals surface area contributed by atoms with Crippen molar-refractivity contribution in [2.75, 3.05) is 6.61 Å². The summed E-state index contributed by atoms with van der Waals surface area (Å²) in [6.45, 7) is 2.24. The maximum absolute atomic E-state index is 8.45. The van der Waals surface area contributed by atoms with Crippen molar-refractivity contribution in [1.29, 1.82) is 0 Å². The number of ether oxygens (including phenoxy) is 1. The molecule has 1 heterocycles. The van der Waals surface area contributed by atoms with Crippen molar-refractivity contribution in [3.05, 3.63) is 11.5 Å². The van der Waals surface area contributed by atoms with Gasteiger partial charge in [-0.05, 0) is 6.92 Å². The van der Waals surface area contributed by atoms with Crippen LogP contribution in [0.3, 0.4) is 0 Å². The average molecular weight is 86.1 g/mol. The molecule has 0 aliphatic carbocycles. The van der Waals surface area contributed by atoms with Crippen molar-refractivity contribution >= 4 is 0 Å². The highest BCUT2D eigenvalue weighted by Crippen LogP contribution is 2.16. The van der Waals surface area contributed by atoms with Gasteiger partial charge < -0.3 is 9.84 Å². The molecule has 1 N–H and O–H groups in total. The van der Waals surface area contributed by atoms with E-state index in [1.54, 1.807) is 6.92 Å². The molecule has 0 bridgehead atoms. The molecule has 1 aliphatic rings. The molecule has 2 nitrogen and oxygen atoms in total. The third-order valence-electron chi connectivity index (χ3n) is 0.692. The Bertz CT molecular complexity index is 83.7. The SMILES string of the molecule is C/C(O)=C1\CO1. The van der Waals surface area contributed by atoms with Crippen LogP contribution in [0.25, 0.3) is 0 Å². The molecule has 0 saturated carbocycles. The van der Waals surface area contributed by atoms with Crippen LogP contribution in [-0.4, -0.2) is 11.7 Å². The molecule has 0 spiro atoms. The summed E-state index contributed by atoms with van der Waals surface area (Å²) in [5, 5.41) is 8.45. The van der Waals surface area contributed by atoms with Gasteiger partial charge in [-0.2, -0.15) is 0 Å². The van der Waals surface area contributed by atoms with Crippen molar-refractivity contribution in [2.24, 2.45) is 0 Å². The minimum absolute atomic E-state index is 0.315. The Hall–Kier alpha value is -0.660. The Morgan fingerprint density at radius 1 is 2.00 bits per heavy atom. The molecule has 1 rings (SSSR count). The first-order chi connectivity index (χ1) is 2.80. The predicted octanol–water partition coefficient (Wildman–Crippen LogP) is 0.806. The van der Waals surface area contributed by atoms with Crippen molar-refractivity contribution in [3.8, 4) is 0 Å². The molecule has 1 saturated heterocycles. The van der Waals surface area contributed by atoms with Gasteiger partial charge in [-0.25, -0.2) is 0 Å². The van der Waals surface area contributed by atoms with E-state index in [2.05, 4.69) is 4.74 Å². The van der Waals surface area contributed by atoms with Gasteiger partial charge in [0.05, 0.1) is 0 Å². The van der Waals surface area contributed by atoms with Crippen LogP contribution in [0, 0.1) is 0 Å². The van der Waals surface area contributed by atoms with Crippen LogP contribution in [0.5, 0.6) is 0 Å². The Balaban J connectivity index is 2.61. The maximum Gasteiger partial charge on any atom is 0.171 e. The topological polar surface area (TPSA) is 32.8 Å². The largest absolute Gasteiger partial charge is 0.509 e. The van der Waals surface area contributed by atoms with E-state index in [1.807, 2.05) is 0 Å².